The lowest BCUT2D eigenvalue weighted by Crippen LogP contribution is -2.32. The first kappa shape index (κ1) is 13.3. The first-order valence-corrected chi connectivity index (χ1v) is 6.19. The number of nitrogens with two attached hydrogens (primary N) is 1. The van der Waals surface area contributed by atoms with Crippen LogP contribution in [0.25, 0.3) is 0 Å². The number of amides is 2. The maximum absolute atomic E-state index is 11.8. The minimum atomic E-state index is -0.323. The molecule has 102 valence electrons. The topological polar surface area (TPSA) is 109 Å². The monoisotopic (exact) mass is 263 g/mol. The SMILES string of the molecule is NNc1ccnc(C(=O)NCCC(=O)NC2CC2)c1. The lowest BCUT2D eigenvalue weighted by Gasteiger charge is -2.06. The molecular weight excluding hydrogens is 246 g/mol. The lowest BCUT2D eigenvalue weighted by atomic mass is 10.3. The highest BCUT2D eigenvalue weighted by atomic mass is 16.2. The Hall–Kier alpha value is -2.15. The van der Waals surface area contributed by atoms with E-state index in [1.807, 2.05) is 0 Å². The number of carbonyl (C=O) groups excluding carboxylic acids is 2. The molecule has 2 amide bonds. The number of aromatic nitrogens is 1. The molecule has 5 N–H and O–H groups in total. The number of anilines is 1. The molecule has 7 nitrogen and oxygen atoms in total. The fourth-order valence-corrected chi connectivity index (χ4v) is 1.55. The van der Waals surface area contributed by atoms with Gasteiger partial charge in [0.1, 0.15) is 5.69 Å². The van der Waals surface area contributed by atoms with Gasteiger partial charge in [-0.25, -0.2) is 0 Å². The molecule has 1 aliphatic carbocycles. The van der Waals surface area contributed by atoms with Gasteiger partial charge in [0.25, 0.3) is 5.91 Å². The van der Waals surface area contributed by atoms with Gasteiger partial charge in [-0.05, 0) is 25.0 Å². The predicted octanol–water partition coefficient (Wildman–Crippen LogP) is -0.234. The summed E-state index contributed by atoms with van der Waals surface area (Å²) in [6.45, 7) is 0.291. The van der Waals surface area contributed by atoms with Gasteiger partial charge in [-0.2, -0.15) is 0 Å². The Morgan fingerprint density at radius 2 is 2.21 bits per heavy atom. The third kappa shape index (κ3) is 4.22. The fourth-order valence-electron chi connectivity index (χ4n) is 1.55. The van der Waals surface area contributed by atoms with Crippen molar-refractivity contribution in [3.63, 3.8) is 0 Å². The van der Waals surface area contributed by atoms with Crippen LogP contribution in [0.4, 0.5) is 5.69 Å². The van der Waals surface area contributed by atoms with E-state index in [2.05, 4.69) is 21.0 Å². The summed E-state index contributed by atoms with van der Waals surface area (Å²) in [5.74, 6) is 4.89. The molecule has 0 aliphatic heterocycles. The Kier molecular flexibility index (Phi) is 4.30. The van der Waals surface area contributed by atoms with Crippen molar-refractivity contribution >= 4 is 17.5 Å². The summed E-state index contributed by atoms with van der Waals surface area (Å²) in [6.07, 6.45) is 3.88. The molecular formula is C12H17N5O2. The summed E-state index contributed by atoms with van der Waals surface area (Å²) in [4.78, 5) is 27.1. The van der Waals surface area contributed by atoms with Crippen LogP contribution in [0.15, 0.2) is 18.3 Å². The molecule has 1 aliphatic rings. The number of nitrogens with one attached hydrogen (secondary N) is 3. The standard InChI is InChI=1S/C12H17N5O2/c13-17-9-3-5-14-10(7-9)12(19)15-6-4-11(18)16-8-1-2-8/h3,5,7-8H,1-2,4,6,13H2,(H,14,17)(H,15,19)(H,16,18). The van der Waals surface area contributed by atoms with Crippen molar-refractivity contribution in [3.8, 4) is 0 Å². The van der Waals surface area contributed by atoms with Crippen molar-refractivity contribution < 1.29 is 9.59 Å². The number of nitrogens with zero attached hydrogens (tertiary/aromatic N) is 1. The van der Waals surface area contributed by atoms with E-state index in [1.165, 1.54) is 6.20 Å². The largest absolute Gasteiger partial charge is 0.353 e. The number of rotatable bonds is 6. The predicted molar refractivity (Wildman–Crippen MR) is 70.2 cm³/mol. The van der Waals surface area contributed by atoms with Crippen LogP contribution in [-0.4, -0.2) is 29.4 Å². The Morgan fingerprint density at radius 1 is 1.42 bits per heavy atom. The molecule has 1 fully saturated rings. The van der Waals surface area contributed by atoms with E-state index in [0.717, 1.165) is 12.8 Å². The molecule has 0 saturated heterocycles. The Labute approximate surface area is 110 Å². The van der Waals surface area contributed by atoms with Crippen molar-refractivity contribution in [3.05, 3.63) is 24.0 Å². The lowest BCUT2D eigenvalue weighted by molar-refractivity contribution is -0.121. The number of carbonyl (C=O) groups is 2. The van der Waals surface area contributed by atoms with Gasteiger partial charge in [0.2, 0.25) is 5.91 Å². The van der Waals surface area contributed by atoms with Crippen LogP contribution in [0.1, 0.15) is 29.8 Å². The average Bonchev–Trinajstić information content (AvgIpc) is 3.22. The maximum atomic E-state index is 11.8. The Balaban J connectivity index is 1.75. The summed E-state index contributed by atoms with van der Waals surface area (Å²) >= 11 is 0. The van der Waals surface area contributed by atoms with Crippen molar-refractivity contribution in [1.29, 1.82) is 0 Å². The smallest absolute Gasteiger partial charge is 0.269 e. The first-order valence-electron chi connectivity index (χ1n) is 6.19. The minimum absolute atomic E-state index is 0.0341. The minimum Gasteiger partial charge on any atom is -0.353 e. The average molecular weight is 263 g/mol. The first-order chi connectivity index (χ1) is 9.19. The van der Waals surface area contributed by atoms with E-state index in [4.69, 9.17) is 5.84 Å². The third-order valence-corrected chi connectivity index (χ3v) is 2.74. The van der Waals surface area contributed by atoms with E-state index < -0.39 is 0 Å². The molecule has 1 heterocycles. The summed E-state index contributed by atoms with van der Waals surface area (Å²) < 4.78 is 0. The van der Waals surface area contributed by atoms with Crippen molar-refractivity contribution in [2.75, 3.05) is 12.0 Å². The molecule has 0 bridgehead atoms. The van der Waals surface area contributed by atoms with Gasteiger partial charge in [0.15, 0.2) is 0 Å². The van der Waals surface area contributed by atoms with Crippen LogP contribution in [0.5, 0.6) is 0 Å². The molecule has 0 radical (unpaired) electrons. The van der Waals surface area contributed by atoms with Crippen molar-refractivity contribution in [1.82, 2.24) is 15.6 Å². The summed E-state index contributed by atoms with van der Waals surface area (Å²) in [6, 6.07) is 3.54. The normalized spacial score (nSPS) is 13.7. The van der Waals surface area contributed by atoms with E-state index >= 15 is 0 Å². The molecule has 7 heteroatoms. The highest BCUT2D eigenvalue weighted by molar-refractivity contribution is 5.93. The zero-order chi connectivity index (χ0) is 13.7. The number of nitrogen functional groups attached to an aromatic ring is 1. The van der Waals surface area contributed by atoms with Gasteiger partial charge in [-0.15, -0.1) is 0 Å². The summed E-state index contributed by atoms with van der Waals surface area (Å²) in [5.41, 5.74) is 3.31. The second kappa shape index (κ2) is 6.14. The highest BCUT2D eigenvalue weighted by Crippen LogP contribution is 2.18. The van der Waals surface area contributed by atoms with Crippen molar-refractivity contribution in [2.24, 2.45) is 5.84 Å². The molecule has 0 atom stereocenters. The second-order valence-electron chi connectivity index (χ2n) is 4.42. The molecule has 0 unspecified atom stereocenters. The molecule has 0 spiro atoms. The third-order valence-electron chi connectivity index (χ3n) is 2.74. The number of pyridine rings is 1. The molecule has 1 saturated carbocycles. The van der Waals surface area contributed by atoms with E-state index in [-0.39, 0.29) is 23.9 Å². The van der Waals surface area contributed by atoms with Crippen LogP contribution in [0.2, 0.25) is 0 Å². The number of hydrogen-bond acceptors (Lipinski definition) is 5. The number of hydrazine groups is 1. The highest BCUT2D eigenvalue weighted by Gasteiger charge is 2.22. The summed E-state index contributed by atoms with van der Waals surface area (Å²) in [5, 5.41) is 5.50. The van der Waals surface area contributed by atoms with Crippen LogP contribution in [-0.2, 0) is 4.79 Å². The van der Waals surface area contributed by atoms with Gasteiger partial charge in [0, 0.05) is 25.2 Å². The van der Waals surface area contributed by atoms with Gasteiger partial charge in [-0.3, -0.25) is 20.4 Å². The van der Waals surface area contributed by atoms with Gasteiger partial charge in [-0.1, -0.05) is 0 Å². The van der Waals surface area contributed by atoms with E-state index in [9.17, 15) is 9.59 Å². The second-order valence-corrected chi connectivity index (χ2v) is 4.42. The Morgan fingerprint density at radius 3 is 2.89 bits per heavy atom. The van der Waals surface area contributed by atoms with Crippen molar-refractivity contribution in [2.45, 2.75) is 25.3 Å². The zero-order valence-electron chi connectivity index (χ0n) is 10.5. The maximum Gasteiger partial charge on any atom is 0.269 e. The van der Waals surface area contributed by atoms with Crippen LogP contribution in [0.3, 0.4) is 0 Å². The molecule has 19 heavy (non-hydrogen) atoms. The quantitative estimate of drug-likeness (QED) is 0.418. The molecule has 2 rings (SSSR count). The number of hydrogen-bond donors (Lipinski definition) is 4. The van der Waals surface area contributed by atoms with E-state index in [1.54, 1.807) is 12.1 Å². The van der Waals surface area contributed by atoms with Gasteiger partial charge < -0.3 is 16.1 Å². The molecule has 1 aromatic rings. The molecule has 0 aromatic carbocycles. The van der Waals surface area contributed by atoms with E-state index in [0.29, 0.717) is 18.3 Å². The Bertz CT molecular complexity index is 473. The van der Waals surface area contributed by atoms with Crippen LogP contribution < -0.4 is 21.9 Å². The van der Waals surface area contributed by atoms with Gasteiger partial charge >= 0.3 is 0 Å². The zero-order valence-corrected chi connectivity index (χ0v) is 10.5. The van der Waals surface area contributed by atoms with Crippen LogP contribution in [0, 0.1) is 0 Å². The fraction of sp³-hybridized carbons (Fsp3) is 0.417. The van der Waals surface area contributed by atoms with Crippen LogP contribution >= 0.6 is 0 Å². The summed E-state index contributed by atoms with van der Waals surface area (Å²) in [7, 11) is 0. The van der Waals surface area contributed by atoms with Gasteiger partial charge in [0.05, 0.1) is 5.69 Å². The molecule has 1 aromatic heterocycles.